The van der Waals surface area contributed by atoms with E-state index in [1.54, 1.807) is 42.5 Å². The number of carbonyl (C=O) groups is 1. The maximum Gasteiger partial charge on any atom is 0.271 e. The summed E-state index contributed by atoms with van der Waals surface area (Å²) in [7, 11) is -3.76. The van der Waals surface area contributed by atoms with Crippen LogP contribution in [0.1, 0.15) is 16.1 Å². The molecule has 1 heterocycles. The minimum Gasteiger partial charge on any atom is -0.463 e. The Morgan fingerprint density at radius 1 is 1.07 bits per heavy atom. The van der Waals surface area contributed by atoms with Crippen molar-refractivity contribution in [1.29, 1.82) is 0 Å². The lowest BCUT2D eigenvalue weighted by molar-refractivity contribution is 0.0955. The predicted octanol–water partition coefficient (Wildman–Crippen LogP) is 3.42. The molecule has 148 valence electrons. The van der Waals surface area contributed by atoms with E-state index in [4.69, 9.17) is 4.42 Å². The zero-order valence-electron chi connectivity index (χ0n) is 15.4. The summed E-state index contributed by atoms with van der Waals surface area (Å²) in [5, 5.41) is 3.82. The highest BCUT2D eigenvalue weighted by molar-refractivity contribution is 7.92. The third-order valence-corrected chi connectivity index (χ3v) is 5.75. The first-order valence-corrected chi connectivity index (χ1v) is 10.1. The van der Waals surface area contributed by atoms with Crippen molar-refractivity contribution in [1.82, 2.24) is 5.43 Å². The molecule has 0 fully saturated rings. The molecule has 3 aromatic rings. The van der Waals surface area contributed by atoms with E-state index in [0.717, 1.165) is 0 Å². The van der Waals surface area contributed by atoms with Crippen molar-refractivity contribution in [2.45, 2.75) is 4.90 Å². The SMILES string of the molecule is C=CCN(c1ccc(C(=O)N/N=C\c2ccco2)cc1)S(=O)(=O)c1ccccc1. The highest BCUT2D eigenvalue weighted by atomic mass is 32.2. The summed E-state index contributed by atoms with van der Waals surface area (Å²) < 4.78 is 32.2. The Labute approximate surface area is 169 Å². The number of carbonyl (C=O) groups excluding carboxylic acids is 1. The van der Waals surface area contributed by atoms with Crippen LogP contribution >= 0.6 is 0 Å². The van der Waals surface area contributed by atoms with E-state index in [-0.39, 0.29) is 11.4 Å². The average molecular weight is 409 g/mol. The molecule has 0 spiro atoms. The number of furan rings is 1. The van der Waals surface area contributed by atoms with E-state index < -0.39 is 15.9 Å². The number of anilines is 1. The maximum absolute atomic E-state index is 13.0. The van der Waals surface area contributed by atoms with E-state index in [1.807, 2.05) is 0 Å². The molecule has 0 bridgehead atoms. The lowest BCUT2D eigenvalue weighted by atomic mass is 10.2. The number of hydrazone groups is 1. The summed E-state index contributed by atoms with van der Waals surface area (Å²) in [6.07, 6.45) is 4.38. The number of nitrogens with one attached hydrogen (secondary N) is 1. The maximum atomic E-state index is 13.0. The van der Waals surface area contributed by atoms with Crippen LogP contribution in [0, 0.1) is 0 Å². The summed E-state index contributed by atoms with van der Waals surface area (Å²) in [4.78, 5) is 12.4. The third kappa shape index (κ3) is 4.80. The van der Waals surface area contributed by atoms with E-state index in [1.165, 1.54) is 47.1 Å². The molecular weight excluding hydrogens is 390 g/mol. The minimum atomic E-state index is -3.76. The molecule has 8 heteroatoms. The van der Waals surface area contributed by atoms with E-state index in [9.17, 15) is 13.2 Å². The zero-order valence-corrected chi connectivity index (χ0v) is 16.2. The topological polar surface area (TPSA) is 92.0 Å². The van der Waals surface area contributed by atoms with Crippen molar-refractivity contribution in [3.05, 3.63) is 97.0 Å². The number of nitrogens with zero attached hydrogens (tertiary/aromatic N) is 2. The fourth-order valence-corrected chi connectivity index (χ4v) is 4.00. The van der Waals surface area contributed by atoms with Gasteiger partial charge < -0.3 is 4.42 Å². The number of hydrogen-bond donors (Lipinski definition) is 1. The van der Waals surface area contributed by atoms with Crippen molar-refractivity contribution >= 4 is 27.8 Å². The number of amides is 1. The van der Waals surface area contributed by atoms with Crippen LogP contribution in [0.25, 0.3) is 0 Å². The predicted molar refractivity (Wildman–Crippen MR) is 111 cm³/mol. The van der Waals surface area contributed by atoms with Gasteiger partial charge in [-0.3, -0.25) is 9.10 Å². The van der Waals surface area contributed by atoms with Gasteiger partial charge in [0.2, 0.25) is 0 Å². The van der Waals surface area contributed by atoms with Crippen molar-refractivity contribution in [2.75, 3.05) is 10.8 Å². The number of rotatable bonds is 8. The van der Waals surface area contributed by atoms with Crippen LogP contribution in [0.3, 0.4) is 0 Å². The Kier molecular flexibility index (Phi) is 6.25. The van der Waals surface area contributed by atoms with Gasteiger partial charge in [-0.2, -0.15) is 5.10 Å². The lowest BCUT2D eigenvalue weighted by Crippen LogP contribution is -2.31. The molecule has 0 saturated heterocycles. The van der Waals surface area contributed by atoms with Crippen molar-refractivity contribution in [2.24, 2.45) is 5.10 Å². The molecule has 0 radical (unpaired) electrons. The normalized spacial score (nSPS) is 11.3. The van der Waals surface area contributed by atoms with Crippen LogP contribution in [0.4, 0.5) is 5.69 Å². The van der Waals surface area contributed by atoms with Gasteiger partial charge in [-0.15, -0.1) is 6.58 Å². The molecule has 1 aromatic heterocycles. The quantitative estimate of drug-likeness (QED) is 0.351. The largest absolute Gasteiger partial charge is 0.463 e. The Bertz CT molecular complexity index is 1090. The van der Waals surface area contributed by atoms with Crippen LogP contribution in [-0.4, -0.2) is 27.1 Å². The molecule has 1 amide bonds. The van der Waals surface area contributed by atoms with Crippen molar-refractivity contribution < 1.29 is 17.6 Å². The van der Waals surface area contributed by atoms with E-state index in [2.05, 4.69) is 17.1 Å². The minimum absolute atomic E-state index is 0.0935. The van der Waals surface area contributed by atoms with Crippen LogP contribution in [0.15, 0.2) is 100 Å². The van der Waals surface area contributed by atoms with Crippen molar-refractivity contribution in [3.63, 3.8) is 0 Å². The number of hydrogen-bond acceptors (Lipinski definition) is 5. The molecule has 1 N–H and O–H groups in total. The standard InChI is InChI=1S/C21H19N3O4S/c1-2-14-24(29(26,27)20-8-4-3-5-9-20)18-12-10-17(11-13-18)21(25)23-22-16-19-7-6-15-28-19/h2-13,15-16H,1,14H2,(H,23,25)/b22-16-. The molecule has 7 nitrogen and oxygen atoms in total. The second-order valence-corrected chi connectivity index (χ2v) is 7.76. The van der Waals surface area contributed by atoms with Crippen LogP contribution in [0.2, 0.25) is 0 Å². The second kappa shape index (κ2) is 9.03. The molecule has 2 aromatic carbocycles. The van der Waals surface area contributed by atoms with Gasteiger partial charge in [0.1, 0.15) is 5.76 Å². The summed E-state index contributed by atoms with van der Waals surface area (Å²) in [5.74, 6) is 0.0763. The van der Waals surface area contributed by atoms with Gasteiger partial charge >= 0.3 is 0 Å². The number of benzene rings is 2. The molecule has 29 heavy (non-hydrogen) atoms. The molecule has 0 saturated carbocycles. The molecule has 0 aliphatic carbocycles. The first-order valence-electron chi connectivity index (χ1n) is 8.68. The Hall–Kier alpha value is -3.65. The molecule has 0 atom stereocenters. The smallest absolute Gasteiger partial charge is 0.271 e. The zero-order chi connectivity index (χ0) is 20.7. The van der Waals surface area contributed by atoms with Crippen LogP contribution < -0.4 is 9.73 Å². The fourth-order valence-electron chi connectivity index (χ4n) is 2.54. The molecule has 0 aliphatic rings. The van der Waals surface area contributed by atoms with E-state index in [0.29, 0.717) is 17.0 Å². The molecule has 0 aliphatic heterocycles. The summed E-state index contributed by atoms with van der Waals surface area (Å²) >= 11 is 0. The third-order valence-electron chi connectivity index (χ3n) is 3.94. The fraction of sp³-hybridized carbons (Fsp3) is 0.0476. The van der Waals surface area contributed by atoms with Gasteiger partial charge in [0.25, 0.3) is 15.9 Å². The summed E-state index contributed by atoms with van der Waals surface area (Å²) in [5.41, 5.74) is 3.14. The molecule has 0 unspecified atom stereocenters. The van der Waals surface area contributed by atoms with Crippen molar-refractivity contribution in [3.8, 4) is 0 Å². The number of sulfonamides is 1. The Morgan fingerprint density at radius 2 is 1.79 bits per heavy atom. The average Bonchev–Trinajstić information content (AvgIpc) is 3.26. The van der Waals surface area contributed by atoms with Gasteiger partial charge in [0.15, 0.2) is 0 Å². The van der Waals surface area contributed by atoms with Gasteiger partial charge in [0, 0.05) is 5.56 Å². The summed E-state index contributed by atoms with van der Waals surface area (Å²) in [6.45, 7) is 3.73. The van der Waals surface area contributed by atoms with Gasteiger partial charge in [-0.25, -0.2) is 13.8 Å². The van der Waals surface area contributed by atoms with Crippen LogP contribution in [-0.2, 0) is 10.0 Å². The van der Waals surface area contributed by atoms with Gasteiger partial charge in [0.05, 0.1) is 29.6 Å². The highest BCUT2D eigenvalue weighted by Gasteiger charge is 2.23. The highest BCUT2D eigenvalue weighted by Crippen LogP contribution is 2.24. The summed E-state index contributed by atoms with van der Waals surface area (Å²) in [6, 6.07) is 17.7. The Morgan fingerprint density at radius 3 is 2.41 bits per heavy atom. The molecule has 3 rings (SSSR count). The second-order valence-electron chi connectivity index (χ2n) is 5.90. The molecular formula is C21H19N3O4S. The van der Waals surface area contributed by atoms with Gasteiger partial charge in [-0.1, -0.05) is 24.3 Å². The van der Waals surface area contributed by atoms with E-state index >= 15 is 0 Å². The lowest BCUT2D eigenvalue weighted by Gasteiger charge is -2.23. The van der Waals surface area contributed by atoms with Gasteiger partial charge in [-0.05, 0) is 48.5 Å². The van der Waals surface area contributed by atoms with Crippen LogP contribution in [0.5, 0.6) is 0 Å². The monoisotopic (exact) mass is 409 g/mol. The Balaban J connectivity index is 1.77. The first-order chi connectivity index (χ1) is 14.0. The first kappa shape index (κ1) is 20.1.